The number of likely N-dealkylation sites (tertiary alicyclic amines) is 1. The van der Waals surface area contributed by atoms with Crippen LogP contribution in [-0.4, -0.2) is 45.7 Å². The number of hydrogen-bond acceptors (Lipinski definition) is 5. The van der Waals surface area contributed by atoms with Crippen LogP contribution in [0.4, 0.5) is 24.8 Å². The molecule has 2 N–H and O–H groups in total. The predicted molar refractivity (Wildman–Crippen MR) is 106 cm³/mol. The first-order chi connectivity index (χ1) is 14.4. The molecule has 4 rings (SSSR count). The highest BCUT2D eigenvalue weighted by atomic mass is 19.4. The number of carbonyl (C=O) groups is 1. The number of anilines is 2. The molecule has 2 aliphatic rings. The summed E-state index contributed by atoms with van der Waals surface area (Å²) in [6, 6.07) is 9.65. The minimum atomic E-state index is -4.31. The van der Waals surface area contributed by atoms with Crippen molar-refractivity contribution in [1.29, 1.82) is 0 Å². The lowest BCUT2D eigenvalue weighted by Crippen LogP contribution is -2.60. The molecule has 0 radical (unpaired) electrons. The molecule has 160 valence electrons. The number of piperidine rings is 2. The zero-order valence-electron chi connectivity index (χ0n) is 16.4. The van der Waals surface area contributed by atoms with Crippen molar-refractivity contribution in [2.45, 2.75) is 56.4 Å². The van der Waals surface area contributed by atoms with Crippen molar-refractivity contribution >= 4 is 17.5 Å². The Kier molecular flexibility index (Phi) is 5.90. The summed E-state index contributed by atoms with van der Waals surface area (Å²) >= 11 is 0. The molecule has 1 aromatic carbocycles. The van der Waals surface area contributed by atoms with Crippen LogP contribution in [0.2, 0.25) is 0 Å². The second-order valence-electron chi connectivity index (χ2n) is 7.81. The summed E-state index contributed by atoms with van der Waals surface area (Å²) in [6.07, 6.45) is -1.45. The van der Waals surface area contributed by atoms with Gasteiger partial charge < -0.3 is 10.6 Å². The minimum Gasteiger partial charge on any atom is -0.341 e. The number of carbonyl (C=O) groups excluding carboxylic acids is 1. The second kappa shape index (κ2) is 8.59. The van der Waals surface area contributed by atoms with Gasteiger partial charge in [-0.2, -0.15) is 13.2 Å². The third kappa shape index (κ3) is 4.72. The summed E-state index contributed by atoms with van der Waals surface area (Å²) in [5.74, 6) is -0.120. The summed E-state index contributed by atoms with van der Waals surface area (Å²) in [7, 11) is 0. The van der Waals surface area contributed by atoms with Gasteiger partial charge in [-0.15, -0.1) is 0 Å². The molecule has 1 amide bonds. The highest BCUT2D eigenvalue weighted by molar-refractivity contribution is 5.78. The van der Waals surface area contributed by atoms with Crippen LogP contribution < -0.4 is 10.6 Å². The van der Waals surface area contributed by atoms with E-state index in [9.17, 15) is 18.0 Å². The third-order valence-corrected chi connectivity index (χ3v) is 5.71. The van der Waals surface area contributed by atoms with Crippen LogP contribution in [0, 0.1) is 0 Å². The summed E-state index contributed by atoms with van der Waals surface area (Å²) in [5, 5.41) is 5.88. The molecule has 2 aliphatic heterocycles. The molecule has 3 heterocycles. The lowest BCUT2D eigenvalue weighted by Gasteiger charge is -2.44. The molecule has 2 aromatic rings. The molecular weight excluding hydrogens is 395 g/mol. The van der Waals surface area contributed by atoms with Gasteiger partial charge in [0, 0.05) is 36.5 Å². The Morgan fingerprint density at radius 2 is 1.93 bits per heavy atom. The SMILES string of the molecule is O=C1CC(c2ccnc(Nc3ccccc3)n2)CC(N2CCCCC2C(F)(F)F)N1. The van der Waals surface area contributed by atoms with Crippen LogP contribution in [0.15, 0.2) is 42.6 Å². The fraction of sp³-hybridized carbons (Fsp3) is 0.476. The van der Waals surface area contributed by atoms with Crippen LogP contribution in [0.3, 0.4) is 0 Å². The second-order valence-corrected chi connectivity index (χ2v) is 7.81. The van der Waals surface area contributed by atoms with Gasteiger partial charge in [-0.05, 0) is 37.5 Å². The number of aromatic nitrogens is 2. The molecule has 2 saturated heterocycles. The average molecular weight is 419 g/mol. The molecular formula is C21H24F3N5O. The molecule has 30 heavy (non-hydrogen) atoms. The predicted octanol–water partition coefficient (Wildman–Crippen LogP) is 3.96. The summed E-state index contributed by atoms with van der Waals surface area (Å²) < 4.78 is 40.6. The van der Waals surface area contributed by atoms with E-state index in [0.717, 1.165) is 5.69 Å². The summed E-state index contributed by atoms with van der Waals surface area (Å²) in [6.45, 7) is 0.326. The maximum atomic E-state index is 13.5. The Balaban J connectivity index is 1.52. The third-order valence-electron chi connectivity index (χ3n) is 5.71. The number of alkyl halides is 3. The summed E-state index contributed by atoms with van der Waals surface area (Å²) in [4.78, 5) is 22.5. The Morgan fingerprint density at radius 1 is 1.13 bits per heavy atom. The Labute approximate surface area is 172 Å². The Bertz CT molecular complexity index is 876. The minimum absolute atomic E-state index is 0.0686. The van der Waals surface area contributed by atoms with E-state index < -0.39 is 18.4 Å². The van der Waals surface area contributed by atoms with E-state index in [1.165, 1.54) is 4.90 Å². The van der Waals surface area contributed by atoms with Gasteiger partial charge in [-0.25, -0.2) is 9.97 Å². The molecule has 6 nitrogen and oxygen atoms in total. The Morgan fingerprint density at radius 3 is 2.70 bits per heavy atom. The lowest BCUT2D eigenvalue weighted by molar-refractivity contribution is -0.201. The maximum absolute atomic E-state index is 13.5. The number of para-hydroxylation sites is 1. The van der Waals surface area contributed by atoms with E-state index >= 15 is 0 Å². The van der Waals surface area contributed by atoms with E-state index in [2.05, 4.69) is 20.6 Å². The van der Waals surface area contributed by atoms with Gasteiger partial charge in [-0.1, -0.05) is 24.6 Å². The standard InChI is InChI=1S/C21H24F3N5O/c22-21(23,24)17-8-4-5-11-29(17)18-12-14(13-19(30)28-18)16-9-10-25-20(27-16)26-15-6-2-1-3-7-15/h1-3,6-7,9-10,14,17-18H,4-5,8,11-13H2,(H,28,30)(H,25,26,27). The number of nitrogens with one attached hydrogen (secondary N) is 2. The van der Waals surface area contributed by atoms with Crippen LogP contribution in [0.1, 0.15) is 43.7 Å². The van der Waals surface area contributed by atoms with Gasteiger partial charge in [0.1, 0.15) is 6.04 Å². The molecule has 0 spiro atoms. The van der Waals surface area contributed by atoms with E-state index in [1.807, 2.05) is 30.3 Å². The van der Waals surface area contributed by atoms with Crippen molar-refractivity contribution in [3.05, 3.63) is 48.3 Å². The van der Waals surface area contributed by atoms with Gasteiger partial charge in [0.25, 0.3) is 0 Å². The number of hydrogen-bond donors (Lipinski definition) is 2. The molecule has 0 saturated carbocycles. The largest absolute Gasteiger partial charge is 0.404 e. The molecule has 0 aliphatic carbocycles. The van der Waals surface area contributed by atoms with Crippen LogP contribution >= 0.6 is 0 Å². The highest BCUT2D eigenvalue weighted by Crippen LogP contribution is 2.36. The topological polar surface area (TPSA) is 70.2 Å². The van der Waals surface area contributed by atoms with Crippen molar-refractivity contribution in [2.75, 3.05) is 11.9 Å². The maximum Gasteiger partial charge on any atom is 0.404 e. The average Bonchev–Trinajstić information content (AvgIpc) is 2.74. The fourth-order valence-electron chi connectivity index (χ4n) is 4.31. The number of rotatable bonds is 4. The first-order valence-electron chi connectivity index (χ1n) is 10.2. The van der Waals surface area contributed by atoms with Gasteiger partial charge >= 0.3 is 6.18 Å². The van der Waals surface area contributed by atoms with Crippen molar-refractivity contribution in [3.63, 3.8) is 0 Å². The molecule has 1 aromatic heterocycles. The number of halogens is 3. The zero-order chi connectivity index (χ0) is 21.1. The van der Waals surface area contributed by atoms with Crippen molar-refractivity contribution in [3.8, 4) is 0 Å². The van der Waals surface area contributed by atoms with Gasteiger partial charge in [0.15, 0.2) is 0 Å². The van der Waals surface area contributed by atoms with Crippen molar-refractivity contribution in [2.24, 2.45) is 0 Å². The van der Waals surface area contributed by atoms with Crippen LogP contribution in [0.5, 0.6) is 0 Å². The molecule has 3 atom stereocenters. The van der Waals surface area contributed by atoms with E-state index in [1.54, 1.807) is 12.3 Å². The van der Waals surface area contributed by atoms with E-state index in [0.29, 0.717) is 37.4 Å². The Hall–Kier alpha value is -2.68. The van der Waals surface area contributed by atoms with Gasteiger partial charge in [0.05, 0.1) is 6.17 Å². The summed E-state index contributed by atoms with van der Waals surface area (Å²) in [5.41, 5.74) is 1.49. The van der Waals surface area contributed by atoms with Crippen LogP contribution in [0.25, 0.3) is 0 Å². The number of nitrogens with zero attached hydrogens (tertiary/aromatic N) is 3. The first kappa shape index (κ1) is 20.6. The quantitative estimate of drug-likeness (QED) is 0.785. The van der Waals surface area contributed by atoms with Crippen LogP contribution in [-0.2, 0) is 4.79 Å². The smallest absolute Gasteiger partial charge is 0.341 e. The van der Waals surface area contributed by atoms with Gasteiger partial charge in [-0.3, -0.25) is 9.69 Å². The molecule has 0 bridgehead atoms. The van der Waals surface area contributed by atoms with E-state index in [4.69, 9.17) is 0 Å². The fourth-order valence-corrected chi connectivity index (χ4v) is 4.31. The normalized spacial score (nSPS) is 25.6. The van der Waals surface area contributed by atoms with Gasteiger partial charge in [0.2, 0.25) is 11.9 Å². The number of benzene rings is 1. The van der Waals surface area contributed by atoms with Crippen molar-refractivity contribution < 1.29 is 18.0 Å². The van der Waals surface area contributed by atoms with E-state index in [-0.39, 0.29) is 24.7 Å². The zero-order valence-corrected chi connectivity index (χ0v) is 16.4. The molecule has 2 fully saturated rings. The number of amides is 1. The monoisotopic (exact) mass is 419 g/mol. The van der Waals surface area contributed by atoms with Crippen molar-refractivity contribution in [1.82, 2.24) is 20.2 Å². The lowest BCUT2D eigenvalue weighted by atomic mass is 9.89. The highest BCUT2D eigenvalue weighted by Gasteiger charge is 2.48. The first-order valence-corrected chi connectivity index (χ1v) is 10.2. The molecule has 3 unspecified atom stereocenters. The molecule has 9 heteroatoms.